The van der Waals surface area contributed by atoms with Crippen molar-refractivity contribution < 1.29 is 24.2 Å². The number of benzene rings is 2. The number of aliphatic hydroxyl groups is 1. The number of carbonyl (C=O) groups excluding carboxylic acids is 3. The summed E-state index contributed by atoms with van der Waals surface area (Å²) >= 11 is 3.48. The van der Waals surface area contributed by atoms with Gasteiger partial charge in [-0.2, -0.15) is 0 Å². The first kappa shape index (κ1) is 26.2. The number of fused-ring (bicyclic) bond motifs is 2. The Hall–Kier alpha value is -2.91. The Labute approximate surface area is 219 Å². The fraction of sp³-hybridized carbons (Fsp3) is 0.444. The molecule has 0 saturated carbocycles. The van der Waals surface area contributed by atoms with Crippen molar-refractivity contribution in [1.82, 2.24) is 9.80 Å². The highest BCUT2D eigenvalue weighted by atomic mass is 79.9. The van der Waals surface area contributed by atoms with Crippen molar-refractivity contribution in [2.75, 3.05) is 25.5 Å². The first-order chi connectivity index (χ1) is 17.2. The van der Waals surface area contributed by atoms with Crippen LogP contribution in [0.2, 0.25) is 0 Å². The van der Waals surface area contributed by atoms with Gasteiger partial charge in [0.15, 0.2) is 0 Å². The number of ether oxygens (including phenoxy) is 1. The molecule has 2 aromatic rings. The van der Waals surface area contributed by atoms with Gasteiger partial charge >= 0.3 is 6.09 Å². The third-order valence-corrected chi connectivity index (χ3v) is 7.57. The average Bonchev–Trinajstić information content (AvgIpc) is 3.39. The zero-order valence-electron chi connectivity index (χ0n) is 20.7. The molecule has 2 aliphatic rings. The van der Waals surface area contributed by atoms with E-state index in [0.29, 0.717) is 12.8 Å². The van der Waals surface area contributed by atoms with Crippen molar-refractivity contribution in [2.45, 2.75) is 50.8 Å². The van der Waals surface area contributed by atoms with Crippen LogP contribution in [-0.4, -0.2) is 65.1 Å². The van der Waals surface area contributed by atoms with E-state index in [-0.39, 0.29) is 37.5 Å². The van der Waals surface area contributed by atoms with Gasteiger partial charge in [-0.25, -0.2) is 4.79 Å². The number of halogens is 1. The van der Waals surface area contributed by atoms with Crippen LogP contribution in [0.1, 0.15) is 37.8 Å². The number of nitrogens with zero attached hydrogens (tertiary/aromatic N) is 2. The molecule has 3 atom stereocenters. The molecular formula is C27H32BrN3O5. The maximum atomic E-state index is 13.9. The third kappa shape index (κ3) is 4.99. The number of amides is 3. The topological polar surface area (TPSA) is 99.2 Å². The van der Waals surface area contributed by atoms with E-state index in [0.717, 1.165) is 21.3 Å². The SMILES string of the molecule is CC(C)C[C@@H](C(=O)N1C[C@]2(C[C@H]1CO)C(=O)Nc1ccc(Br)cc12)N(C)C(=O)OCc1ccccc1. The van der Waals surface area contributed by atoms with Crippen LogP contribution < -0.4 is 5.32 Å². The third-order valence-electron chi connectivity index (χ3n) is 7.08. The molecule has 2 aliphatic heterocycles. The maximum absolute atomic E-state index is 13.9. The minimum absolute atomic E-state index is 0.102. The molecule has 9 heteroatoms. The Kier molecular flexibility index (Phi) is 7.70. The van der Waals surface area contributed by atoms with Gasteiger partial charge in [0.05, 0.1) is 18.1 Å². The van der Waals surface area contributed by atoms with Gasteiger partial charge in [0.25, 0.3) is 0 Å². The van der Waals surface area contributed by atoms with Gasteiger partial charge in [-0.3, -0.25) is 14.5 Å². The molecule has 8 nitrogen and oxygen atoms in total. The Bertz CT molecular complexity index is 1140. The van der Waals surface area contributed by atoms with Gasteiger partial charge in [0.1, 0.15) is 12.6 Å². The Morgan fingerprint density at radius 1 is 1.25 bits per heavy atom. The summed E-state index contributed by atoms with van der Waals surface area (Å²) in [5, 5.41) is 13.1. The zero-order valence-corrected chi connectivity index (χ0v) is 22.3. The summed E-state index contributed by atoms with van der Waals surface area (Å²) in [5.41, 5.74) is 1.43. The van der Waals surface area contributed by atoms with E-state index in [9.17, 15) is 19.5 Å². The molecule has 1 saturated heterocycles. The average molecular weight is 558 g/mol. The van der Waals surface area contributed by atoms with Crippen LogP contribution in [0.25, 0.3) is 0 Å². The lowest BCUT2D eigenvalue weighted by molar-refractivity contribution is -0.138. The largest absolute Gasteiger partial charge is 0.445 e. The van der Waals surface area contributed by atoms with Crippen LogP contribution in [0.5, 0.6) is 0 Å². The molecule has 0 aromatic heterocycles. The molecule has 1 fully saturated rings. The highest BCUT2D eigenvalue weighted by Crippen LogP contribution is 2.47. The second-order valence-corrected chi connectivity index (χ2v) is 10.9. The summed E-state index contributed by atoms with van der Waals surface area (Å²) in [4.78, 5) is 42.9. The van der Waals surface area contributed by atoms with E-state index in [1.54, 1.807) is 11.9 Å². The van der Waals surface area contributed by atoms with Crippen molar-refractivity contribution in [3.8, 4) is 0 Å². The Morgan fingerprint density at radius 3 is 2.64 bits per heavy atom. The fourth-order valence-electron chi connectivity index (χ4n) is 5.17. The number of carbonyl (C=O) groups is 3. The molecular weight excluding hydrogens is 526 g/mol. The molecule has 3 amide bonds. The molecule has 2 N–H and O–H groups in total. The van der Waals surface area contributed by atoms with Gasteiger partial charge in [-0.1, -0.05) is 60.1 Å². The predicted octanol–water partition coefficient (Wildman–Crippen LogP) is 3.92. The van der Waals surface area contributed by atoms with Crippen molar-refractivity contribution in [3.05, 3.63) is 64.1 Å². The monoisotopic (exact) mass is 557 g/mol. The molecule has 4 rings (SSSR count). The molecule has 36 heavy (non-hydrogen) atoms. The maximum Gasteiger partial charge on any atom is 0.410 e. The number of nitrogens with one attached hydrogen (secondary N) is 1. The zero-order chi connectivity index (χ0) is 26.0. The minimum atomic E-state index is -0.947. The van der Waals surface area contributed by atoms with Gasteiger partial charge in [-0.05, 0) is 48.1 Å². The molecule has 192 valence electrons. The van der Waals surface area contributed by atoms with Crippen molar-refractivity contribution in [2.24, 2.45) is 5.92 Å². The molecule has 2 aromatic carbocycles. The molecule has 2 heterocycles. The number of hydrogen-bond acceptors (Lipinski definition) is 5. The van der Waals surface area contributed by atoms with Crippen LogP contribution in [0.3, 0.4) is 0 Å². The summed E-state index contributed by atoms with van der Waals surface area (Å²) in [6, 6.07) is 13.6. The Balaban J connectivity index is 1.57. The summed E-state index contributed by atoms with van der Waals surface area (Å²) < 4.78 is 6.32. The molecule has 0 bridgehead atoms. The number of rotatable bonds is 7. The number of likely N-dealkylation sites (tertiary alicyclic amines) is 1. The van der Waals surface area contributed by atoms with E-state index in [1.807, 2.05) is 62.4 Å². The lowest BCUT2D eigenvalue weighted by Crippen LogP contribution is -2.52. The van der Waals surface area contributed by atoms with Crippen LogP contribution in [0.15, 0.2) is 53.0 Å². The summed E-state index contributed by atoms with van der Waals surface area (Å²) in [6.07, 6.45) is 0.132. The lowest BCUT2D eigenvalue weighted by atomic mass is 9.79. The molecule has 1 spiro atoms. The van der Waals surface area contributed by atoms with Gasteiger partial charge < -0.3 is 20.1 Å². The van der Waals surface area contributed by atoms with Crippen molar-refractivity contribution >= 4 is 39.5 Å². The predicted molar refractivity (Wildman–Crippen MR) is 139 cm³/mol. The molecule has 0 unspecified atom stereocenters. The van der Waals surface area contributed by atoms with Crippen LogP contribution >= 0.6 is 15.9 Å². The first-order valence-corrected chi connectivity index (χ1v) is 12.9. The highest BCUT2D eigenvalue weighted by molar-refractivity contribution is 9.10. The number of likely N-dealkylation sites (N-methyl/N-ethyl adjacent to an activating group) is 1. The van der Waals surface area contributed by atoms with Crippen molar-refractivity contribution in [3.63, 3.8) is 0 Å². The number of anilines is 1. The Morgan fingerprint density at radius 2 is 1.97 bits per heavy atom. The second-order valence-electron chi connectivity index (χ2n) is 10.0. The van der Waals surface area contributed by atoms with E-state index in [1.165, 1.54) is 4.90 Å². The van der Waals surface area contributed by atoms with Gasteiger partial charge in [-0.15, -0.1) is 0 Å². The van der Waals surface area contributed by atoms with Gasteiger partial charge in [0, 0.05) is 23.8 Å². The standard InChI is InChI=1S/C27H32BrN3O5/c1-17(2)11-23(30(3)26(35)36-15-18-7-5-4-6-8-18)24(33)31-16-27(13-20(31)14-32)21-12-19(28)9-10-22(21)29-25(27)34/h4-10,12,17,20,23,32H,11,13-16H2,1-3H3,(H,29,34)/t20-,23-,27-/m0/s1. The second kappa shape index (κ2) is 10.6. The quantitative estimate of drug-likeness (QED) is 0.537. The normalized spacial score (nSPS) is 21.4. The van der Waals surface area contributed by atoms with E-state index < -0.39 is 23.6 Å². The summed E-state index contributed by atoms with van der Waals surface area (Å²) in [6.45, 7) is 3.92. The molecule has 0 aliphatic carbocycles. The first-order valence-electron chi connectivity index (χ1n) is 12.1. The number of aliphatic hydroxyl groups excluding tert-OH is 1. The summed E-state index contributed by atoms with van der Waals surface area (Å²) in [7, 11) is 1.56. The van der Waals surface area contributed by atoms with E-state index in [4.69, 9.17) is 4.74 Å². The highest BCUT2D eigenvalue weighted by Gasteiger charge is 2.56. The fourth-order valence-corrected chi connectivity index (χ4v) is 5.54. The van der Waals surface area contributed by atoms with Crippen LogP contribution in [0.4, 0.5) is 10.5 Å². The summed E-state index contributed by atoms with van der Waals surface area (Å²) in [5.74, 6) is -0.352. The lowest BCUT2D eigenvalue weighted by Gasteiger charge is -2.33. The number of hydrogen-bond donors (Lipinski definition) is 2. The smallest absolute Gasteiger partial charge is 0.410 e. The van der Waals surface area contributed by atoms with E-state index >= 15 is 0 Å². The minimum Gasteiger partial charge on any atom is -0.445 e. The molecule has 0 radical (unpaired) electrons. The van der Waals surface area contributed by atoms with Crippen LogP contribution in [-0.2, 0) is 26.3 Å². The van der Waals surface area contributed by atoms with Gasteiger partial charge in [0.2, 0.25) is 11.8 Å². The van der Waals surface area contributed by atoms with Crippen LogP contribution in [0, 0.1) is 5.92 Å². The van der Waals surface area contributed by atoms with Crippen molar-refractivity contribution in [1.29, 1.82) is 0 Å². The van der Waals surface area contributed by atoms with E-state index in [2.05, 4.69) is 21.2 Å².